The van der Waals surface area contributed by atoms with Gasteiger partial charge in [-0.25, -0.2) is 4.39 Å². The van der Waals surface area contributed by atoms with Crippen LogP contribution in [0.3, 0.4) is 0 Å². The molecule has 2 N–H and O–H groups in total. The molecule has 0 aliphatic carbocycles. The number of nitrogens with two attached hydrogens (primary N) is 1. The maximum absolute atomic E-state index is 13.9. The summed E-state index contributed by atoms with van der Waals surface area (Å²) in [4.78, 5) is 10.1. The van der Waals surface area contributed by atoms with E-state index < -0.39 is 16.8 Å². The first-order chi connectivity index (χ1) is 10.0. The van der Waals surface area contributed by atoms with E-state index in [-0.39, 0.29) is 5.69 Å². The molecule has 2 aromatic carbocycles. The van der Waals surface area contributed by atoms with Crippen LogP contribution < -0.4 is 10.5 Å². The average Bonchev–Trinajstić information content (AvgIpc) is 2.47. The summed E-state index contributed by atoms with van der Waals surface area (Å²) in [5.74, 6) is -0.0341. The monoisotopic (exact) mass is 290 g/mol. The van der Waals surface area contributed by atoms with Gasteiger partial charge in [-0.1, -0.05) is 18.2 Å². The van der Waals surface area contributed by atoms with Crippen LogP contribution in [0.25, 0.3) is 0 Å². The standard InChI is InChI=1S/C15H15FN2O3/c1-21-14-4-2-3-12(16)15(14)13(17)9-10-5-7-11(8-6-10)18(19)20/h2-8,13H,9,17H2,1H3. The molecule has 0 spiro atoms. The fourth-order valence-electron chi connectivity index (χ4n) is 2.16. The minimum atomic E-state index is -0.595. The number of nitrogens with zero attached hydrogens (tertiary/aromatic N) is 1. The highest BCUT2D eigenvalue weighted by Crippen LogP contribution is 2.28. The molecular formula is C15H15FN2O3. The van der Waals surface area contributed by atoms with Gasteiger partial charge in [0.2, 0.25) is 0 Å². The van der Waals surface area contributed by atoms with Crippen LogP contribution in [-0.2, 0) is 6.42 Å². The Hall–Kier alpha value is -2.47. The number of nitro groups is 1. The van der Waals surface area contributed by atoms with Crippen LogP contribution >= 0.6 is 0 Å². The maximum atomic E-state index is 13.9. The molecule has 2 rings (SSSR count). The molecule has 0 amide bonds. The van der Waals surface area contributed by atoms with Crippen molar-refractivity contribution in [3.8, 4) is 5.75 Å². The Morgan fingerprint density at radius 1 is 1.29 bits per heavy atom. The van der Waals surface area contributed by atoms with Crippen LogP contribution in [0.4, 0.5) is 10.1 Å². The lowest BCUT2D eigenvalue weighted by Crippen LogP contribution is -2.16. The van der Waals surface area contributed by atoms with Crippen LogP contribution in [-0.4, -0.2) is 12.0 Å². The number of ether oxygens (including phenoxy) is 1. The van der Waals surface area contributed by atoms with Gasteiger partial charge in [-0.3, -0.25) is 10.1 Å². The van der Waals surface area contributed by atoms with Crippen molar-refractivity contribution in [2.45, 2.75) is 12.5 Å². The zero-order valence-electron chi connectivity index (χ0n) is 11.5. The van der Waals surface area contributed by atoms with Gasteiger partial charge in [0.1, 0.15) is 11.6 Å². The molecule has 0 fully saturated rings. The zero-order valence-corrected chi connectivity index (χ0v) is 11.5. The SMILES string of the molecule is COc1cccc(F)c1C(N)Cc1ccc([N+](=O)[O-])cc1. The van der Waals surface area contributed by atoms with E-state index in [2.05, 4.69) is 0 Å². The lowest BCUT2D eigenvalue weighted by molar-refractivity contribution is -0.384. The van der Waals surface area contributed by atoms with E-state index in [9.17, 15) is 14.5 Å². The molecule has 1 unspecified atom stereocenters. The lowest BCUT2D eigenvalue weighted by Gasteiger charge is -2.16. The third-order valence-electron chi connectivity index (χ3n) is 3.21. The Morgan fingerprint density at radius 2 is 1.95 bits per heavy atom. The first kappa shape index (κ1) is 14.9. The van der Waals surface area contributed by atoms with Gasteiger partial charge in [-0.15, -0.1) is 0 Å². The summed E-state index contributed by atoms with van der Waals surface area (Å²) in [6.07, 6.45) is 0.356. The van der Waals surface area contributed by atoms with Gasteiger partial charge in [-0.05, 0) is 24.1 Å². The van der Waals surface area contributed by atoms with Crippen LogP contribution in [0, 0.1) is 15.9 Å². The molecule has 0 aliphatic rings. The second kappa shape index (κ2) is 6.32. The van der Waals surface area contributed by atoms with E-state index in [0.717, 1.165) is 5.56 Å². The van der Waals surface area contributed by atoms with Crippen molar-refractivity contribution in [1.29, 1.82) is 0 Å². The summed E-state index contributed by atoms with van der Waals surface area (Å²) in [6.45, 7) is 0. The van der Waals surface area contributed by atoms with E-state index in [0.29, 0.717) is 17.7 Å². The van der Waals surface area contributed by atoms with Crippen LogP contribution in [0.1, 0.15) is 17.2 Å². The molecule has 0 aromatic heterocycles. The topological polar surface area (TPSA) is 78.4 Å². The summed E-state index contributed by atoms with van der Waals surface area (Å²) in [6, 6.07) is 9.97. The lowest BCUT2D eigenvalue weighted by atomic mass is 9.98. The van der Waals surface area contributed by atoms with Gasteiger partial charge in [-0.2, -0.15) is 0 Å². The Balaban J connectivity index is 2.22. The molecule has 21 heavy (non-hydrogen) atoms. The summed E-state index contributed by atoms with van der Waals surface area (Å²) in [5.41, 5.74) is 7.15. The second-order valence-corrected chi connectivity index (χ2v) is 4.59. The van der Waals surface area contributed by atoms with E-state index in [1.165, 1.54) is 25.3 Å². The highest BCUT2D eigenvalue weighted by Gasteiger charge is 2.17. The molecule has 0 aliphatic heterocycles. The van der Waals surface area contributed by atoms with Gasteiger partial charge >= 0.3 is 0 Å². The van der Waals surface area contributed by atoms with E-state index in [1.54, 1.807) is 24.3 Å². The van der Waals surface area contributed by atoms with E-state index >= 15 is 0 Å². The molecule has 0 saturated carbocycles. The number of rotatable bonds is 5. The molecule has 0 heterocycles. The van der Waals surface area contributed by atoms with Crippen molar-refractivity contribution in [1.82, 2.24) is 0 Å². The minimum absolute atomic E-state index is 0.00999. The molecule has 0 bridgehead atoms. The molecule has 0 radical (unpaired) electrons. The van der Waals surface area contributed by atoms with Crippen molar-refractivity contribution in [2.75, 3.05) is 7.11 Å². The first-order valence-corrected chi connectivity index (χ1v) is 6.34. The second-order valence-electron chi connectivity index (χ2n) is 4.59. The van der Waals surface area contributed by atoms with Gasteiger partial charge in [0.25, 0.3) is 5.69 Å². The van der Waals surface area contributed by atoms with Crippen molar-refractivity contribution >= 4 is 5.69 Å². The number of benzene rings is 2. The van der Waals surface area contributed by atoms with Gasteiger partial charge in [0.05, 0.1) is 12.0 Å². The molecule has 2 aromatic rings. The van der Waals surface area contributed by atoms with Crippen LogP contribution in [0.15, 0.2) is 42.5 Å². The summed E-state index contributed by atoms with van der Waals surface area (Å²) in [5, 5.41) is 10.6. The first-order valence-electron chi connectivity index (χ1n) is 6.34. The van der Waals surface area contributed by atoms with Crippen molar-refractivity contribution < 1.29 is 14.1 Å². The molecule has 1 atom stereocenters. The van der Waals surface area contributed by atoms with Crippen molar-refractivity contribution in [2.24, 2.45) is 5.73 Å². The van der Waals surface area contributed by atoms with Gasteiger partial charge < -0.3 is 10.5 Å². The third-order valence-corrected chi connectivity index (χ3v) is 3.21. The minimum Gasteiger partial charge on any atom is -0.496 e. The number of hydrogen-bond acceptors (Lipinski definition) is 4. The molecular weight excluding hydrogens is 275 g/mol. The van der Waals surface area contributed by atoms with Crippen LogP contribution in [0.5, 0.6) is 5.75 Å². The number of non-ortho nitro benzene ring substituents is 1. The highest BCUT2D eigenvalue weighted by atomic mass is 19.1. The maximum Gasteiger partial charge on any atom is 0.269 e. The van der Waals surface area contributed by atoms with E-state index in [4.69, 9.17) is 10.5 Å². The Morgan fingerprint density at radius 3 is 2.52 bits per heavy atom. The van der Waals surface area contributed by atoms with Gasteiger partial charge in [0, 0.05) is 23.7 Å². The van der Waals surface area contributed by atoms with Crippen LogP contribution in [0.2, 0.25) is 0 Å². The third kappa shape index (κ3) is 3.35. The fourth-order valence-corrected chi connectivity index (χ4v) is 2.16. The molecule has 0 saturated heterocycles. The predicted octanol–water partition coefficient (Wildman–Crippen LogP) is 2.99. The normalized spacial score (nSPS) is 12.0. The van der Waals surface area contributed by atoms with Gasteiger partial charge in [0.15, 0.2) is 0 Å². The molecule has 6 heteroatoms. The Labute approximate surface area is 121 Å². The predicted molar refractivity (Wildman–Crippen MR) is 76.7 cm³/mol. The zero-order chi connectivity index (χ0) is 15.4. The quantitative estimate of drug-likeness (QED) is 0.678. The van der Waals surface area contributed by atoms with Crippen molar-refractivity contribution in [3.63, 3.8) is 0 Å². The molecule has 5 nitrogen and oxygen atoms in total. The largest absolute Gasteiger partial charge is 0.496 e. The van der Waals surface area contributed by atoms with Crippen molar-refractivity contribution in [3.05, 3.63) is 69.5 Å². The average molecular weight is 290 g/mol. The fraction of sp³-hybridized carbons (Fsp3) is 0.200. The summed E-state index contributed by atoms with van der Waals surface area (Å²) in [7, 11) is 1.46. The number of nitro benzene ring substituents is 1. The summed E-state index contributed by atoms with van der Waals surface area (Å²) < 4.78 is 19.0. The van der Waals surface area contributed by atoms with E-state index in [1.807, 2.05) is 0 Å². The Kier molecular flexibility index (Phi) is 4.49. The smallest absolute Gasteiger partial charge is 0.269 e. The molecule has 110 valence electrons. The Bertz CT molecular complexity index is 644. The summed E-state index contributed by atoms with van der Waals surface area (Å²) >= 11 is 0. The number of methoxy groups -OCH3 is 1. The highest BCUT2D eigenvalue weighted by molar-refractivity contribution is 5.39. The number of halogens is 1. The number of hydrogen-bond donors (Lipinski definition) is 1.